The van der Waals surface area contributed by atoms with Crippen LogP contribution in [0.15, 0.2) is 41.4 Å². The van der Waals surface area contributed by atoms with Crippen LogP contribution in [-0.4, -0.2) is 45.7 Å². The molecule has 0 atom stereocenters. The maximum Gasteiger partial charge on any atom is 0.188 e. The van der Waals surface area contributed by atoms with Gasteiger partial charge in [0.25, 0.3) is 0 Å². The van der Waals surface area contributed by atoms with E-state index < -0.39 is 0 Å². The average molecular weight is 516 g/mol. The monoisotopic (exact) mass is 516 g/mol. The molecule has 2 aromatic carbocycles. The zero-order valence-corrected chi connectivity index (χ0v) is 19.7. The van der Waals surface area contributed by atoms with Gasteiger partial charge in [-0.2, -0.15) is 0 Å². The number of guanidine groups is 1. The number of hydrogen-bond acceptors (Lipinski definition) is 4. The lowest BCUT2D eigenvalue weighted by Gasteiger charge is -2.11. The Morgan fingerprint density at radius 3 is 2.38 bits per heavy atom. The van der Waals surface area contributed by atoms with Crippen LogP contribution in [0.1, 0.15) is 16.7 Å². The van der Waals surface area contributed by atoms with Gasteiger partial charge in [0, 0.05) is 18.7 Å². The molecule has 2 aromatic rings. The lowest BCUT2D eigenvalue weighted by Crippen LogP contribution is -2.33. The Labute approximate surface area is 189 Å². The van der Waals surface area contributed by atoms with Crippen LogP contribution in [0.2, 0.25) is 0 Å². The zero-order valence-electron chi connectivity index (χ0n) is 17.4. The molecule has 0 aliphatic carbocycles. The number of hydrogen-bond donors (Lipinski definition) is 2. The summed E-state index contributed by atoms with van der Waals surface area (Å²) in [5, 5.41) is 3.07. The van der Waals surface area contributed by atoms with Crippen molar-refractivity contribution in [3.8, 4) is 11.5 Å². The van der Waals surface area contributed by atoms with E-state index in [1.54, 1.807) is 20.3 Å². The molecule has 8 heteroatoms. The second-order valence-corrected chi connectivity index (χ2v) is 6.73. The first-order valence-electron chi connectivity index (χ1n) is 9.09. The van der Waals surface area contributed by atoms with Gasteiger partial charge in [-0.3, -0.25) is 0 Å². The smallest absolute Gasteiger partial charge is 0.188 e. The third kappa shape index (κ3) is 8.06. The number of nitrogens with one attached hydrogen (secondary N) is 1. The predicted molar refractivity (Wildman–Crippen MR) is 126 cm³/mol. The standard InChI is InChI=1S/C21H29FN4O2.HI/c1-26(2)14-17-7-5-16(11-18(17)22)13-25-21(23)24-10-9-15-6-8-19(27-3)20(12-15)28-4;/h5-8,11-12H,9-10,13-14H2,1-4H3,(H3,23,24,25);1H. The van der Waals surface area contributed by atoms with Gasteiger partial charge < -0.3 is 25.4 Å². The van der Waals surface area contributed by atoms with Crippen LogP contribution in [0, 0.1) is 5.82 Å². The van der Waals surface area contributed by atoms with Crippen LogP contribution in [0.4, 0.5) is 4.39 Å². The molecule has 0 heterocycles. The summed E-state index contributed by atoms with van der Waals surface area (Å²) < 4.78 is 24.6. The third-order valence-electron chi connectivity index (χ3n) is 4.20. The van der Waals surface area contributed by atoms with Gasteiger partial charge >= 0.3 is 0 Å². The van der Waals surface area contributed by atoms with Crippen molar-refractivity contribution in [2.24, 2.45) is 10.7 Å². The molecule has 0 saturated heterocycles. The Kier molecular flexibility index (Phi) is 10.7. The summed E-state index contributed by atoms with van der Waals surface area (Å²) in [5.41, 5.74) is 8.46. The second kappa shape index (κ2) is 12.5. The molecule has 0 aromatic heterocycles. The number of halogens is 2. The van der Waals surface area contributed by atoms with Crippen molar-refractivity contribution in [1.82, 2.24) is 10.2 Å². The van der Waals surface area contributed by atoms with E-state index in [1.807, 2.05) is 43.3 Å². The fourth-order valence-electron chi connectivity index (χ4n) is 2.76. The molecule has 0 fully saturated rings. The van der Waals surface area contributed by atoms with Crippen molar-refractivity contribution >= 4 is 29.9 Å². The number of rotatable bonds is 9. The topological polar surface area (TPSA) is 72.1 Å². The van der Waals surface area contributed by atoms with E-state index in [4.69, 9.17) is 15.2 Å². The van der Waals surface area contributed by atoms with Crippen LogP contribution in [0.5, 0.6) is 11.5 Å². The minimum absolute atomic E-state index is 0. The Morgan fingerprint density at radius 2 is 1.76 bits per heavy atom. The van der Waals surface area contributed by atoms with Gasteiger partial charge in [0.15, 0.2) is 17.5 Å². The van der Waals surface area contributed by atoms with Gasteiger partial charge in [-0.1, -0.05) is 18.2 Å². The van der Waals surface area contributed by atoms with E-state index in [2.05, 4.69) is 10.3 Å². The fourth-order valence-corrected chi connectivity index (χ4v) is 2.76. The number of nitrogens with two attached hydrogens (primary N) is 1. The maximum atomic E-state index is 14.1. The third-order valence-corrected chi connectivity index (χ3v) is 4.20. The molecule has 160 valence electrons. The lowest BCUT2D eigenvalue weighted by atomic mass is 10.1. The van der Waals surface area contributed by atoms with E-state index in [1.165, 1.54) is 6.07 Å². The van der Waals surface area contributed by atoms with E-state index in [0.29, 0.717) is 42.7 Å². The van der Waals surface area contributed by atoms with Crippen LogP contribution >= 0.6 is 24.0 Å². The van der Waals surface area contributed by atoms with Gasteiger partial charge in [0.2, 0.25) is 0 Å². The normalized spacial score (nSPS) is 11.2. The first kappa shape index (κ1) is 25.0. The van der Waals surface area contributed by atoms with Crippen molar-refractivity contribution in [3.63, 3.8) is 0 Å². The van der Waals surface area contributed by atoms with E-state index >= 15 is 0 Å². The van der Waals surface area contributed by atoms with Crippen LogP contribution in [0.25, 0.3) is 0 Å². The minimum Gasteiger partial charge on any atom is -0.493 e. The number of methoxy groups -OCH3 is 2. The Morgan fingerprint density at radius 1 is 1.07 bits per heavy atom. The summed E-state index contributed by atoms with van der Waals surface area (Å²) in [5.74, 6) is 1.50. The van der Waals surface area contributed by atoms with Crippen LogP contribution in [0.3, 0.4) is 0 Å². The predicted octanol–water partition coefficient (Wildman–Crippen LogP) is 3.17. The number of benzene rings is 2. The summed E-state index contributed by atoms with van der Waals surface area (Å²) >= 11 is 0. The van der Waals surface area contributed by atoms with Crippen molar-refractivity contribution in [2.45, 2.75) is 19.5 Å². The molecular weight excluding hydrogens is 486 g/mol. The highest BCUT2D eigenvalue weighted by molar-refractivity contribution is 14.0. The minimum atomic E-state index is -0.221. The van der Waals surface area contributed by atoms with Gasteiger partial charge in [-0.25, -0.2) is 9.38 Å². The van der Waals surface area contributed by atoms with Crippen LogP contribution < -0.4 is 20.5 Å². The first-order chi connectivity index (χ1) is 13.4. The molecule has 0 bridgehead atoms. The lowest BCUT2D eigenvalue weighted by molar-refractivity contribution is 0.354. The summed E-state index contributed by atoms with van der Waals surface area (Å²) in [4.78, 5) is 6.21. The van der Waals surface area contributed by atoms with E-state index in [9.17, 15) is 4.39 Å². The number of ether oxygens (including phenoxy) is 2. The molecule has 0 aliphatic rings. The van der Waals surface area contributed by atoms with Crippen molar-refractivity contribution < 1.29 is 13.9 Å². The quantitative estimate of drug-likeness (QED) is 0.305. The molecule has 2 rings (SSSR count). The average Bonchev–Trinajstić information content (AvgIpc) is 2.67. The SMILES string of the molecule is COc1ccc(CCNC(N)=NCc2ccc(CN(C)C)c(F)c2)cc1OC.I. The summed E-state index contributed by atoms with van der Waals surface area (Å²) in [6.07, 6.45) is 0.754. The van der Waals surface area contributed by atoms with Gasteiger partial charge in [-0.05, 0) is 49.8 Å². The molecule has 3 N–H and O–H groups in total. The van der Waals surface area contributed by atoms with E-state index in [0.717, 1.165) is 17.5 Å². The second-order valence-electron chi connectivity index (χ2n) is 6.73. The van der Waals surface area contributed by atoms with Crippen molar-refractivity contribution in [3.05, 3.63) is 58.9 Å². The molecule has 0 unspecified atom stereocenters. The summed E-state index contributed by atoms with van der Waals surface area (Å²) in [6.45, 7) is 1.52. The Balaban J connectivity index is 0.00000420. The Hall–Kier alpha value is -2.07. The number of nitrogens with zero attached hydrogens (tertiary/aromatic N) is 2. The Bertz CT molecular complexity index is 815. The highest BCUT2D eigenvalue weighted by atomic mass is 127. The van der Waals surface area contributed by atoms with Gasteiger partial charge in [0.05, 0.1) is 20.8 Å². The molecule has 0 spiro atoms. The molecule has 0 aliphatic heterocycles. The maximum absolute atomic E-state index is 14.1. The van der Waals surface area contributed by atoms with Crippen molar-refractivity contribution in [2.75, 3.05) is 34.9 Å². The number of aliphatic imine (C=N–C) groups is 1. The zero-order chi connectivity index (χ0) is 20.5. The fraction of sp³-hybridized carbons (Fsp3) is 0.381. The van der Waals surface area contributed by atoms with Gasteiger partial charge in [-0.15, -0.1) is 24.0 Å². The largest absolute Gasteiger partial charge is 0.493 e. The molecule has 0 saturated carbocycles. The molecule has 6 nitrogen and oxygen atoms in total. The molecule has 0 amide bonds. The highest BCUT2D eigenvalue weighted by Gasteiger charge is 2.06. The van der Waals surface area contributed by atoms with E-state index in [-0.39, 0.29) is 29.8 Å². The molecule has 29 heavy (non-hydrogen) atoms. The molecular formula is C21H30FIN4O2. The molecule has 0 radical (unpaired) electrons. The summed E-state index contributed by atoms with van der Waals surface area (Å²) in [6, 6.07) is 11.0. The summed E-state index contributed by atoms with van der Waals surface area (Å²) in [7, 11) is 7.04. The van der Waals surface area contributed by atoms with Crippen molar-refractivity contribution in [1.29, 1.82) is 0 Å². The van der Waals surface area contributed by atoms with Gasteiger partial charge in [0.1, 0.15) is 5.82 Å². The van der Waals surface area contributed by atoms with Crippen LogP contribution in [-0.2, 0) is 19.5 Å². The highest BCUT2D eigenvalue weighted by Crippen LogP contribution is 2.27. The first-order valence-corrected chi connectivity index (χ1v) is 9.09.